The van der Waals surface area contributed by atoms with Crippen molar-refractivity contribution >= 4 is 17.2 Å². The Bertz CT molecular complexity index is 588. The van der Waals surface area contributed by atoms with Crippen molar-refractivity contribution in [3.05, 3.63) is 23.5 Å². The molecule has 140 valence electrons. The molecule has 0 spiro atoms. The average Bonchev–Trinajstić information content (AvgIpc) is 3.14. The molecule has 0 aliphatic carbocycles. The van der Waals surface area contributed by atoms with Gasteiger partial charge in [-0.3, -0.25) is 4.79 Å². The average molecular weight is 368 g/mol. The summed E-state index contributed by atoms with van der Waals surface area (Å²) in [5.41, 5.74) is 0. The van der Waals surface area contributed by atoms with Gasteiger partial charge in [0.05, 0.1) is 12.7 Å². The Balaban J connectivity index is 1.80. The Labute approximate surface area is 154 Å². The summed E-state index contributed by atoms with van der Waals surface area (Å²) in [5, 5.41) is 3.38. The fourth-order valence-corrected chi connectivity index (χ4v) is 3.48. The Morgan fingerprint density at radius 3 is 2.92 bits per heavy atom. The molecule has 0 saturated carbocycles. The van der Waals surface area contributed by atoms with Crippen LogP contribution in [-0.4, -0.2) is 41.2 Å². The van der Waals surface area contributed by atoms with Crippen molar-refractivity contribution in [2.45, 2.75) is 59.3 Å². The first kappa shape index (κ1) is 19.6. The van der Waals surface area contributed by atoms with E-state index in [0.717, 1.165) is 6.42 Å². The third-order valence-corrected chi connectivity index (χ3v) is 5.09. The highest BCUT2D eigenvalue weighted by molar-refractivity contribution is 7.15. The molecule has 1 aliphatic heterocycles. The lowest BCUT2D eigenvalue weighted by atomic mass is 10.0. The first-order valence-corrected chi connectivity index (χ1v) is 9.75. The summed E-state index contributed by atoms with van der Waals surface area (Å²) in [7, 11) is 0. The quantitative estimate of drug-likeness (QED) is 0.722. The van der Waals surface area contributed by atoms with Crippen LogP contribution in [0, 0.1) is 5.92 Å². The van der Waals surface area contributed by atoms with Crippen molar-refractivity contribution < 1.29 is 14.3 Å². The number of ether oxygens (including phenoxy) is 2. The van der Waals surface area contributed by atoms with Crippen molar-refractivity contribution in [3.63, 3.8) is 0 Å². The fraction of sp³-hybridized carbons (Fsp3) is 0.667. The van der Waals surface area contributed by atoms with Crippen LogP contribution in [0.5, 0.6) is 5.19 Å². The molecule has 1 aromatic heterocycles. The molecule has 2 unspecified atom stereocenters. The summed E-state index contributed by atoms with van der Waals surface area (Å²) in [5.74, 6) is 1.13. The summed E-state index contributed by atoms with van der Waals surface area (Å²) in [6.07, 6.45) is 4.47. The third-order valence-electron chi connectivity index (χ3n) is 4.20. The Kier molecular flexibility index (Phi) is 7.11. The van der Waals surface area contributed by atoms with E-state index >= 15 is 0 Å². The van der Waals surface area contributed by atoms with Crippen LogP contribution >= 0.6 is 11.3 Å². The van der Waals surface area contributed by atoms with E-state index in [1.165, 1.54) is 24.2 Å². The molecule has 2 atom stereocenters. The molecule has 25 heavy (non-hydrogen) atoms. The van der Waals surface area contributed by atoms with Gasteiger partial charge in [0.1, 0.15) is 4.88 Å². The molecule has 0 bridgehead atoms. The van der Waals surface area contributed by atoms with Crippen LogP contribution in [0.15, 0.2) is 18.7 Å². The molecule has 6 nitrogen and oxygen atoms in total. The van der Waals surface area contributed by atoms with Gasteiger partial charge in [0.25, 0.3) is 17.4 Å². The normalized spacial score (nSPS) is 18.4. The van der Waals surface area contributed by atoms with Crippen molar-refractivity contribution in [2.24, 2.45) is 5.92 Å². The van der Waals surface area contributed by atoms with E-state index in [9.17, 15) is 4.79 Å². The maximum absolute atomic E-state index is 12.2. The molecule has 1 aliphatic rings. The van der Waals surface area contributed by atoms with Gasteiger partial charge in [-0.1, -0.05) is 38.0 Å². The number of aromatic nitrogens is 1. The first-order valence-electron chi connectivity index (χ1n) is 8.93. The van der Waals surface area contributed by atoms with E-state index in [-0.39, 0.29) is 5.91 Å². The number of nitrogens with one attached hydrogen (secondary N) is 1. The van der Waals surface area contributed by atoms with Crippen LogP contribution in [0.1, 0.15) is 56.6 Å². The zero-order chi connectivity index (χ0) is 18.4. The summed E-state index contributed by atoms with van der Waals surface area (Å²) in [6, 6.07) is 0.300. The van der Waals surface area contributed by atoms with Gasteiger partial charge in [-0.05, 0) is 32.8 Å². The number of hydrogen-bond donors (Lipinski definition) is 1. The highest BCUT2D eigenvalue weighted by Crippen LogP contribution is 2.26. The van der Waals surface area contributed by atoms with Gasteiger partial charge in [-0.2, -0.15) is 0 Å². The molecule has 1 aromatic rings. The van der Waals surface area contributed by atoms with Gasteiger partial charge >= 0.3 is 0 Å². The van der Waals surface area contributed by atoms with Gasteiger partial charge in [0, 0.05) is 12.6 Å². The molecule has 2 rings (SSSR count). The van der Waals surface area contributed by atoms with E-state index in [1.54, 1.807) is 6.20 Å². The van der Waals surface area contributed by atoms with E-state index in [0.29, 0.717) is 41.0 Å². The first-order chi connectivity index (χ1) is 11.9. The molecular weight excluding hydrogens is 338 g/mol. The smallest absolute Gasteiger partial charge is 0.277 e. The van der Waals surface area contributed by atoms with Crippen molar-refractivity contribution in [1.82, 2.24) is 15.2 Å². The van der Waals surface area contributed by atoms with Crippen LogP contribution in [0.4, 0.5) is 0 Å². The molecule has 0 radical (unpaired) electrons. The van der Waals surface area contributed by atoms with E-state index in [1.807, 2.05) is 4.90 Å². The SMILES string of the molecule is C=C1OC(Oc2ncc(C(=O)NCCC(C)CCC)s2)CN1C(C)C. The van der Waals surface area contributed by atoms with E-state index in [4.69, 9.17) is 9.47 Å². The minimum Gasteiger partial charge on any atom is -0.438 e. The summed E-state index contributed by atoms with van der Waals surface area (Å²) in [6.45, 7) is 13.7. The lowest BCUT2D eigenvalue weighted by Gasteiger charge is -2.19. The third kappa shape index (κ3) is 5.63. The second-order valence-corrected chi connectivity index (χ2v) is 7.73. The lowest BCUT2D eigenvalue weighted by molar-refractivity contribution is -0.00478. The van der Waals surface area contributed by atoms with Crippen LogP contribution in [0.3, 0.4) is 0 Å². The van der Waals surface area contributed by atoms with Crippen LogP contribution in [0.25, 0.3) is 0 Å². The van der Waals surface area contributed by atoms with Crippen molar-refractivity contribution in [3.8, 4) is 5.19 Å². The van der Waals surface area contributed by atoms with Crippen molar-refractivity contribution in [2.75, 3.05) is 13.1 Å². The summed E-state index contributed by atoms with van der Waals surface area (Å²) in [4.78, 5) is 18.9. The van der Waals surface area contributed by atoms with E-state index < -0.39 is 6.29 Å². The maximum atomic E-state index is 12.2. The van der Waals surface area contributed by atoms with Crippen LogP contribution in [-0.2, 0) is 4.74 Å². The number of carbonyl (C=O) groups is 1. The molecule has 0 aromatic carbocycles. The lowest BCUT2D eigenvalue weighted by Crippen LogP contribution is -2.29. The number of hydrogen-bond acceptors (Lipinski definition) is 6. The standard InChI is InChI=1S/C18H29N3O3S/c1-6-7-13(4)8-9-19-17(22)15-10-20-18(25-15)24-16-11-21(12(2)3)14(5)23-16/h10,12-13,16H,5-9,11H2,1-4H3,(H,19,22). The van der Waals surface area contributed by atoms with Gasteiger partial charge in [-0.15, -0.1) is 0 Å². The van der Waals surface area contributed by atoms with Crippen LogP contribution in [0.2, 0.25) is 0 Å². The zero-order valence-corrected chi connectivity index (χ0v) is 16.4. The van der Waals surface area contributed by atoms with Gasteiger partial charge in [-0.25, -0.2) is 4.98 Å². The van der Waals surface area contributed by atoms with Gasteiger partial charge < -0.3 is 19.7 Å². The largest absolute Gasteiger partial charge is 0.438 e. The molecule has 1 amide bonds. The second kappa shape index (κ2) is 9.08. The molecule has 1 N–H and O–H groups in total. The Morgan fingerprint density at radius 1 is 1.52 bits per heavy atom. The Morgan fingerprint density at radius 2 is 2.28 bits per heavy atom. The number of nitrogens with zero attached hydrogens (tertiary/aromatic N) is 2. The highest BCUT2D eigenvalue weighted by Gasteiger charge is 2.30. The topological polar surface area (TPSA) is 63.7 Å². The van der Waals surface area contributed by atoms with Crippen LogP contribution < -0.4 is 10.1 Å². The molecule has 1 saturated heterocycles. The zero-order valence-electron chi connectivity index (χ0n) is 15.6. The molecule has 7 heteroatoms. The Hall–Kier alpha value is -1.76. The number of rotatable bonds is 9. The van der Waals surface area contributed by atoms with Gasteiger partial charge in [0.15, 0.2) is 5.88 Å². The monoisotopic (exact) mass is 367 g/mol. The van der Waals surface area contributed by atoms with E-state index in [2.05, 4.69) is 44.6 Å². The fourth-order valence-electron chi connectivity index (χ4n) is 2.77. The number of carbonyl (C=O) groups excluding carboxylic acids is 1. The summed E-state index contributed by atoms with van der Waals surface area (Å²) < 4.78 is 11.3. The predicted molar refractivity (Wildman–Crippen MR) is 99.6 cm³/mol. The maximum Gasteiger partial charge on any atom is 0.277 e. The molecular formula is C18H29N3O3S. The molecule has 2 heterocycles. The highest BCUT2D eigenvalue weighted by atomic mass is 32.1. The minimum absolute atomic E-state index is 0.100. The second-order valence-electron chi connectivity index (χ2n) is 6.73. The minimum atomic E-state index is -0.438. The van der Waals surface area contributed by atoms with Gasteiger partial charge in [0.2, 0.25) is 0 Å². The molecule has 1 fully saturated rings. The number of amides is 1. The number of thiazole rings is 1. The van der Waals surface area contributed by atoms with Crippen molar-refractivity contribution in [1.29, 1.82) is 0 Å². The predicted octanol–water partition coefficient (Wildman–Crippen LogP) is 3.62. The summed E-state index contributed by atoms with van der Waals surface area (Å²) >= 11 is 1.23.